The van der Waals surface area contributed by atoms with Gasteiger partial charge in [0.2, 0.25) is 0 Å². The van der Waals surface area contributed by atoms with Crippen molar-refractivity contribution < 1.29 is 55.0 Å². The predicted molar refractivity (Wildman–Crippen MR) is 52.6 cm³/mol. The van der Waals surface area contributed by atoms with Crippen molar-refractivity contribution in [2.24, 2.45) is 5.90 Å². The van der Waals surface area contributed by atoms with Crippen molar-refractivity contribution in [3.8, 4) is 0 Å². The van der Waals surface area contributed by atoms with Gasteiger partial charge in [0, 0.05) is 11.7 Å². The maximum Gasteiger partial charge on any atom is 0.705 e. The first-order valence-electron chi connectivity index (χ1n) is 3.43. The number of phosphoric ester groups is 1. The van der Waals surface area contributed by atoms with Crippen LogP contribution in [0.5, 0.6) is 0 Å². The molecule has 13 nitrogen and oxygen atoms in total. The molecule has 0 bridgehead atoms. The molecule has 0 saturated carbocycles. The van der Waals surface area contributed by atoms with E-state index in [-0.39, 0.29) is 0 Å². The average Bonchev–Trinajstić information content (AvgIpc) is 2.13. The molecule has 18 heavy (non-hydrogen) atoms. The zero-order valence-corrected chi connectivity index (χ0v) is 12.0. The normalized spacial score (nSPS) is 22.6. The van der Waals surface area contributed by atoms with Gasteiger partial charge in [-0.1, -0.05) is 0 Å². The van der Waals surface area contributed by atoms with Gasteiger partial charge in [0.05, 0.1) is 0 Å². The van der Waals surface area contributed by atoms with E-state index in [0.29, 0.717) is 7.11 Å². The van der Waals surface area contributed by atoms with E-state index < -0.39 is 31.7 Å². The molecule has 0 radical (unpaired) electrons. The molecule has 0 saturated heterocycles. The van der Waals surface area contributed by atoms with Crippen molar-refractivity contribution in [1.82, 2.24) is 0 Å². The Kier molecular flexibility index (Phi) is 6.90. The number of phosphoric acid groups is 3. The minimum absolute atomic E-state index is 0.654. The molecule has 5 N–H and O–H groups in total. The minimum Gasteiger partial charge on any atom is -0.302 e. The quantitative estimate of drug-likeness (QED) is 0.349. The third-order valence-electron chi connectivity index (χ3n) is 0.939. The summed E-state index contributed by atoms with van der Waals surface area (Å²) in [6.07, 6.45) is 0. The molecule has 0 aromatic rings. The van der Waals surface area contributed by atoms with E-state index in [1.54, 1.807) is 0 Å². The predicted octanol–water partition coefficient (Wildman–Crippen LogP) is 0.531. The van der Waals surface area contributed by atoms with Crippen LogP contribution in [0.3, 0.4) is 0 Å². The molecule has 0 aliphatic heterocycles. The Morgan fingerprint density at radius 3 is 1.94 bits per heavy atom. The van der Waals surface area contributed by atoms with E-state index in [0.717, 1.165) is 0 Å². The molecule has 0 amide bonds. The zero-order valence-electron chi connectivity index (χ0n) is 8.38. The van der Waals surface area contributed by atoms with Gasteiger partial charge < -0.3 is 9.79 Å². The van der Waals surface area contributed by atoms with Crippen LogP contribution in [0.2, 0.25) is 0 Å². The van der Waals surface area contributed by atoms with Crippen molar-refractivity contribution in [2.45, 2.75) is 0 Å². The highest BCUT2D eigenvalue weighted by Crippen LogP contribution is 2.70. The molecule has 17 heteroatoms. The molecule has 0 aromatic carbocycles. The van der Waals surface area contributed by atoms with Gasteiger partial charge in [0.25, 0.3) is 0 Å². The average molecular weight is 350 g/mol. The smallest absolute Gasteiger partial charge is 0.302 e. The van der Waals surface area contributed by atoms with Gasteiger partial charge in [0.15, 0.2) is 0 Å². The molecule has 0 aliphatic rings. The van der Waals surface area contributed by atoms with Gasteiger partial charge >= 0.3 is 31.7 Å². The number of rotatable bonds is 8. The largest absolute Gasteiger partial charge is 0.705 e. The summed E-state index contributed by atoms with van der Waals surface area (Å²) in [5, 5.41) is 0. The molecule has 4 atom stereocenters. The van der Waals surface area contributed by atoms with Crippen LogP contribution in [0, 0.1) is 0 Å². The molecule has 108 valence electrons. The van der Waals surface area contributed by atoms with Gasteiger partial charge in [0.1, 0.15) is 0 Å². The summed E-state index contributed by atoms with van der Waals surface area (Å²) in [5.74, 6) is 4.36. The van der Waals surface area contributed by atoms with E-state index in [1.165, 1.54) is 0 Å². The van der Waals surface area contributed by atoms with Crippen molar-refractivity contribution in [1.29, 1.82) is 0 Å². The van der Waals surface area contributed by atoms with Crippen molar-refractivity contribution in [2.75, 3.05) is 7.11 Å². The van der Waals surface area contributed by atoms with Gasteiger partial charge in [-0.3, -0.25) is 4.52 Å². The zero-order chi connectivity index (χ0) is 14.6. The molecular formula is CH8NO12P4+. The first kappa shape index (κ1) is 18.4. The summed E-state index contributed by atoms with van der Waals surface area (Å²) in [6.45, 7) is 0. The Bertz CT molecular complexity index is 441. The van der Waals surface area contributed by atoms with E-state index in [4.69, 9.17) is 14.7 Å². The Balaban J connectivity index is 4.95. The lowest BCUT2D eigenvalue weighted by Gasteiger charge is -2.15. The summed E-state index contributed by atoms with van der Waals surface area (Å²) in [6, 6.07) is 0. The molecule has 0 heterocycles. The third kappa shape index (κ3) is 7.13. The fourth-order valence-corrected chi connectivity index (χ4v) is 4.53. The Hall–Kier alpha value is 0.430. The molecule has 0 rings (SSSR count). The van der Waals surface area contributed by atoms with Crippen molar-refractivity contribution in [3.63, 3.8) is 0 Å². The lowest BCUT2D eigenvalue weighted by Crippen LogP contribution is -2.02. The summed E-state index contributed by atoms with van der Waals surface area (Å²) in [7, 11) is -18.5. The van der Waals surface area contributed by atoms with Crippen LogP contribution in [-0.4, -0.2) is 21.8 Å². The minimum atomic E-state index is -5.50. The van der Waals surface area contributed by atoms with Gasteiger partial charge in [-0.05, 0) is 4.31 Å². The number of hydrogen-bond donors (Lipinski definition) is 4. The van der Waals surface area contributed by atoms with E-state index in [2.05, 4.69) is 28.0 Å². The van der Waals surface area contributed by atoms with Gasteiger partial charge in [-0.2, -0.15) is 13.2 Å². The molecule has 4 unspecified atom stereocenters. The topological polar surface area (TPSA) is 201 Å². The van der Waals surface area contributed by atoms with Crippen LogP contribution in [0.1, 0.15) is 0 Å². The number of nitrogens with two attached hydrogens (primary N) is 1. The molecular weight excluding hydrogens is 342 g/mol. The van der Waals surface area contributed by atoms with E-state index in [9.17, 15) is 18.3 Å². The first-order valence-corrected chi connectivity index (χ1v) is 9.02. The van der Waals surface area contributed by atoms with E-state index in [1.807, 2.05) is 0 Å². The second-order valence-corrected chi connectivity index (χ2v) is 7.93. The van der Waals surface area contributed by atoms with Crippen LogP contribution in [0.4, 0.5) is 0 Å². The third-order valence-corrected chi connectivity index (χ3v) is 6.29. The fourth-order valence-electron chi connectivity index (χ4n) is 0.444. The summed E-state index contributed by atoms with van der Waals surface area (Å²) < 4.78 is 61.3. The lowest BCUT2D eigenvalue weighted by atomic mass is 11.8. The fraction of sp³-hybridized carbons (Fsp3) is 1.00. The van der Waals surface area contributed by atoms with Crippen LogP contribution in [-0.2, 0) is 40.3 Å². The maximum absolute atomic E-state index is 11.2. The second-order valence-electron chi connectivity index (χ2n) is 2.16. The summed E-state index contributed by atoms with van der Waals surface area (Å²) in [4.78, 5) is 25.8. The number of hydrogen-bond acceptors (Lipinski definition) is 10. The summed E-state index contributed by atoms with van der Waals surface area (Å²) in [5.41, 5.74) is 0. The Labute approximate surface area is 101 Å². The van der Waals surface area contributed by atoms with Crippen LogP contribution in [0.25, 0.3) is 0 Å². The SMILES string of the molecule is COP(=O)(O)OP(=O)(O)OP(=O)(ON)O[P+](=O)O. The first-order chi connectivity index (χ1) is 7.95. The van der Waals surface area contributed by atoms with Crippen molar-refractivity contribution in [3.05, 3.63) is 0 Å². The Morgan fingerprint density at radius 2 is 1.61 bits per heavy atom. The van der Waals surface area contributed by atoms with Gasteiger partial charge in [-0.25, -0.2) is 19.6 Å². The monoisotopic (exact) mass is 350 g/mol. The highest BCUT2D eigenvalue weighted by Gasteiger charge is 2.48. The molecule has 0 aliphatic carbocycles. The summed E-state index contributed by atoms with van der Waals surface area (Å²) >= 11 is 0. The maximum atomic E-state index is 11.2. The standard InChI is InChI=1S/CH7NO12P4/c1-10-16(5,6)13-17(7,8)14-18(9,11-2)12-15(3)4/h2H2,1H3,(H2-,3,4,5,6,7,8)/p+1. The molecule has 0 fully saturated rings. The highest BCUT2D eigenvalue weighted by molar-refractivity contribution is 7.68. The second kappa shape index (κ2) is 6.74. The van der Waals surface area contributed by atoms with E-state index >= 15 is 0 Å². The highest BCUT2D eigenvalue weighted by atomic mass is 31.3. The Morgan fingerprint density at radius 1 is 1.11 bits per heavy atom. The van der Waals surface area contributed by atoms with Crippen LogP contribution in [0.15, 0.2) is 0 Å². The van der Waals surface area contributed by atoms with Crippen LogP contribution < -0.4 is 5.90 Å². The molecule has 0 spiro atoms. The van der Waals surface area contributed by atoms with Crippen molar-refractivity contribution >= 4 is 31.7 Å². The lowest BCUT2D eigenvalue weighted by molar-refractivity contribution is 0.171. The van der Waals surface area contributed by atoms with Gasteiger partial charge in [-0.15, -0.1) is 4.89 Å². The van der Waals surface area contributed by atoms with Crippen LogP contribution >= 0.6 is 31.7 Å². The molecule has 0 aromatic heterocycles.